The number of aromatic nitrogens is 2. The van der Waals surface area contributed by atoms with E-state index >= 15 is 0 Å². The first-order valence-corrected chi connectivity index (χ1v) is 16.2. The van der Waals surface area contributed by atoms with Crippen LogP contribution in [-0.2, 0) is 0 Å². The summed E-state index contributed by atoms with van der Waals surface area (Å²) in [6, 6.07) is 57.6. The lowest BCUT2D eigenvalue weighted by molar-refractivity contribution is 1.18. The third-order valence-corrected chi connectivity index (χ3v) is 10.5. The zero-order valence-corrected chi connectivity index (χ0v) is 25.1. The maximum absolute atomic E-state index is 2.53. The minimum absolute atomic E-state index is 1.16. The second-order valence-corrected chi connectivity index (χ2v) is 12.8. The lowest BCUT2D eigenvalue weighted by Crippen LogP contribution is -1.96. The number of hydrogen-bond donors (Lipinski definition) is 0. The minimum atomic E-state index is 1.16. The van der Waals surface area contributed by atoms with E-state index in [-0.39, 0.29) is 0 Å². The lowest BCUT2D eigenvalue weighted by atomic mass is 10.1. The molecule has 0 aliphatic carbocycles. The van der Waals surface area contributed by atoms with E-state index in [1.54, 1.807) is 0 Å². The molecule has 0 spiro atoms. The summed E-state index contributed by atoms with van der Waals surface area (Å²) < 4.78 is 7.60. The summed E-state index contributed by atoms with van der Waals surface area (Å²) in [5.41, 5.74) is 9.75. The van der Waals surface area contributed by atoms with Gasteiger partial charge < -0.3 is 9.13 Å². The summed E-state index contributed by atoms with van der Waals surface area (Å²) in [6.07, 6.45) is 0. The summed E-state index contributed by atoms with van der Waals surface area (Å²) in [5, 5.41) is 7.72. The fourth-order valence-electron chi connectivity index (χ4n) is 7.41. The molecule has 7 aromatic carbocycles. The SMILES string of the molecule is c1ccc(-c2ccc(-n3c4ccccc4c4c3ccc3c5ccccc5n(-c5cccc6sc7ccccc7c56)c34)cc2)cc1. The van der Waals surface area contributed by atoms with Gasteiger partial charge >= 0.3 is 0 Å². The lowest BCUT2D eigenvalue weighted by Gasteiger charge is -2.12. The van der Waals surface area contributed by atoms with Crippen LogP contribution in [0.4, 0.5) is 0 Å². The number of benzene rings is 7. The van der Waals surface area contributed by atoms with Crippen LogP contribution in [0.5, 0.6) is 0 Å². The Morgan fingerprint density at radius 3 is 1.82 bits per heavy atom. The second kappa shape index (κ2) is 9.43. The standard InChI is InChI=1S/C42H26N2S/c1-2-11-27(12-3-1)28-21-23-29(24-22-28)43-35-17-8-5-14-32(35)41-37(43)26-25-31-30-13-4-7-16-34(30)44(42(31)41)36-18-10-20-39-40(36)33-15-6-9-19-38(33)45-39/h1-26H. The van der Waals surface area contributed by atoms with Crippen molar-refractivity contribution < 1.29 is 0 Å². The third-order valence-electron chi connectivity index (χ3n) is 9.32. The van der Waals surface area contributed by atoms with E-state index in [1.807, 2.05) is 11.3 Å². The van der Waals surface area contributed by atoms with Gasteiger partial charge in [0.05, 0.1) is 27.8 Å². The van der Waals surface area contributed by atoms with Crippen LogP contribution in [0.15, 0.2) is 158 Å². The molecule has 210 valence electrons. The molecule has 0 amide bonds. The van der Waals surface area contributed by atoms with Crippen molar-refractivity contribution >= 4 is 75.1 Å². The van der Waals surface area contributed by atoms with Gasteiger partial charge in [-0.15, -0.1) is 11.3 Å². The average Bonchev–Trinajstić information content (AvgIpc) is 3.76. The molecule has 0 saturated heterocycles. The van der Waals surface area contributed by atoms with Crippen LogP contribution >= 0.6 is 11.3 Å². The predicted molar refractivity (Wildman–Crippen MR) is 193 cm³/mol. The van der Waals surface area contributed by atoms with Crippen molar-refractivity contribution in [2.75, 3.05) is 0 Å². The fourth-order valence-corrected chi connectivity index (χ4v) is 8.54. The Labute approximate surface area is 263 Å². The quantitative estimate of drug-likeness (QED) is 0.194. The number of thiophene rings is 1. The predicted octanol–water partition coefficient (Wildman–Crippen LogP) is 11.9. The first-order chi connectivity index (χ1) is 22.3. The molecule has 0 radical (unpaired) electrons. The molecule has 0 N–H and O–H groups in total. The van der Waals surface area contributed by atoms with Gasteiger partial charge in [-0.1, -0.05) is 109 Å². The first-order valence-electron chi connectivity index (χ1n) is 15.4. The van der Waals surface area contributed by atoms with Crippen LogP contribution in [0.3, 0.4) is 0 Å². The van der Waals surface area contributed by atoms with E-state index in [2.05, 4.69) is 167 Å². The maximum Gasteiger partial charge on any atom is 0.0641 e. The minimum Gasteiger partial charge on any atom is -0.309 e. The number of nitrogens with zero attached hydrogens (tertiary/aromatic N) is 2. The normalized spacial score (nSPS) is 12.0. The van der Waals surface area contributed by atoms with Gasteiger partial charge in [0.2, 0.25) is 0 Å². The highest BCUT2D eigenvalue weighted by molar-refractivity contribution is 7.25. The van der Waals surface area contributed by atoms with Gasteiger partial charge in [-0.25, -0.2) is 0 Å². The molecule has 3 aromatic heterocycles. The van der Waals surface area contributed by atoms with Gasteiger partial charge in [0, 0.05) is 47.4 Å². The molecule has 0 bridgehead atoms. The number of hydrogen-bond acceptors (Lipinski definition) is 1. The highest BCUT2D eigenvalue weighted by Gasteiger charge is 2.22. The molecule has 0 saturated carbocycles. The second-order valence-electron chi connectivity index (χ2n) is 11.7. The van der Waals surface area contributed by atoms with Crippen molar-refractivity contribution in [3.63, 3.8) is 0 Å². The van der Waals surface area contributed by atoms with E-state index in [4.69, 9.17) is 0 Å². The molecule has 10 aromatic rings. The van der Waals surface area contributed by atoms with Crippen LogP contribution in [0.25, 0.3) is 86.3 Å². The summed E-state index contributed by atoms with van der Waals surface area (Å²) in [5.74, 6) is 0. The Kier molecular flexibility index (Phi) is 5.19. The molecule has 0 unspecified atom stereocenters. The molecule has 3 heteroatoms. The van der Waals surface area contributed by atoms with Crippen LogP contribution in [-0.4, -0.2) is 9.13 Å². The number of para-hydroxylation sites is 2. The van der Waals surface area contributed by atoms with Crippen molar-refractivity contribution in [2.24, 2.45) is 0 Å². The Hall–Kier alpha value is -5.64. The van der Waals surface area contributed by atoms with E-state index in [0.717, 1.165) is 5.69 Å². The summed E-state index contributed by atoms with van der Waals surface area (Å²) in [7, 11) is 0. The number of rotatable bonds is 3. The summed E-state index contributed by atoms with van der Waals surface area (Å²) in [6.45, 7) is 0. The number of fused-ring (bicyclic) bond motifs is 10. The Morgan fingerprint density at radius 1 is 0.356 bits per heavy atom. The molecule has 0 atom stereocenters. The summed E-state index contributed by atoms with van der Waals surface area (Å²) >= 11 is 1.87. The van der Waals surface area contributed by atoms with Gasteiger partial charge in [-0.05, 0) is 59.7 Å². The zero-order valence-electron chi connectivity index (χ0n) is 24.3. The van der Waals surface area contributed by atoms with Crippen LogP contribution < -0.4 is 0 Å². The highest BCUT2D eigenvalue weighted by Crippen LogP contribution is 2.45. The Bertz CT molecular complexity index is 2740. The van der Waals surface area contributed by atoms with Crippen LogP contribution in [0.2, 0.25) is 0 Å². The Morgan fingerprint density at radius 2 is 1.00 bits per heavy atom. The topological polar surface area (TPSA) is 9.86 Å². The van der Waals surface area contributed by atoms with Crippen molar-refractivity contribution in [3.05, 3.63) is 158 Å². The molecular formula is C42H26N2S. The zero-order chi connectivity index (χ0) is 29.5. The largest absolute Gasteiger partial charge is 0.309 e. The first kappa shape index (κ1) is 24.8. The van der Waals surface area contributed by atoms with Crippen LogP contribution in [0.1, 0.15) is 0 Å². The maximum atomic E-state index is 2.53. The summed E-state index contributed by atoms with van der Waals surface area (Å²) in [4.78, 5) is 0. The van der Waals surface area contributed by atoms with Gasteiger partial charge in [0.25, 0.3) is 0 Å². The third kappa shape index (κ3) is 3.50. The molecule has 2 nitrogen and oxygen atoms in total. The van der Waals surface area contributed by atoms with Gasteiger partial charge in [-0.3, -0.25) is 0 Å². The highest BCUT2D eigenvalue weighted by atomic mass is 32.1. The molecule has 0 fully saturated rings. The van der Waals surface area contributed by atoms with E-state index in [0.29, 0.717) is 0 Å². The van der Waals surface area contributed by atoms with E-state index < -0.39 is 0 Å². The molecule has 10 rings (SSSR count). The smallest absolute Gasteiger partial charge is 0.0641 e. The van der Waals surface area contributed by atoms with Gasteiger partial charge in [0.15, 0.2) is 0 Å². The molecule has 45 heavy (non-hydrogen) atoms. The monoisotopic (exact) mass is 590 g/mol. The van der Waals surface area contributed by atoms with Crippen molar-refractivity contribution in [1.29, 1.82) is 0 Å². The molecule has 0 aliphatic heterocycles. The van der Waals surface area contributed by atoms with E-state index in [1.165, 1.54) is 80.6 Å². The van der Waals surface area contributed by atoms with Crippen LogP contribution in [0, 0.1) is 0 Å². The van der Waals surface area contributed by atoms with Crippen molar-refractivity contribution in [2.45, 2.75) is 0 Å². The molecular weight excluding hydrogens is 565 g/mol. The van der Waals surface area contributed by atoms with Crippen molar-refractivity contribution in [1.82, 2.24) is 9.13 Å². The van der Waals surface area contributed by atoms with E-state index in [9.17, 15) is 0 Å². The fraction of sp³-hybridized carbons (Fsp3) is 0. The molecule has 0 aliphatic rings. The van der Waals surface area contributed by atoms with Gasteiger partial charge in [0.1, 0.15) is 0 Å². The average molecular weight is 591 g/mol. The van der Waals surface area contributed by atoms with Gasteiger partial charge in [-0.2, -0.15) is 0 Å². The Balaban J connectivity index is 1.34. The van der Waals surface area contributed by atoms with Crippen molar-refractivity contribution in [3.8, 4) is 22.5 Å². The molecule has 3 heterocycles.